The van der Waals surface area contributed by atoms with Crippen molar-refractivity contribution < 1.29 is 14.7 Å². The number of nitrogens with one attached hydrogen (secondary N) is 2. The summed E-state index contributed by atoms with van der Waals surface area (Å²) in [5.41, 5.74) is 0. The Balaban J connectivity index is 1.97. The van der Waals surface area contributed by atoms with E-state index in [2.05, 4.69) is 10.6 Å². The predicted molar refractivity (Wildman–Crippen MR) is 60.2 cm³/mol. The number of carboxylic acids is 1. The Morgan fingerprint density at radius 1 is 1.38 bits per heavy atom. The van der Waals surface area contributed by atoms with E-state index in [1.165, 1.54) is 12.8 Å². The first-order valence-corrected chi connectivity index (χ1v) is 5.81. The van der Waals surface area contributed by atoms with Crippen LogP contribution < -0.4 is 10.6 Å². The summed E-state index contributed by atoms with van der Waals surface area (Å²) < 4.78 is 0. The molecule has 0 aromatic heterocycles. The molecule has 1 rings (SSSR count). The fraction of sp³-hybridized carbons (Fsp3) is 0.818. The zero-order chi connectivity index (χ0) is 12.0. The van der Waals surface area contributed by atoms with Gasteiger partial charge >= 0.3 is 12.0 Å². The molecule has 0 spiro atoms. The average molecular weight is 228 g/mol. The lowest BCUT2D eigenvalue weighted by atomic mass is 10.1. The first-order valence-electron chi connectivity index (χ1n) is 5.81. The van der Waals surface area contributed by atoms with Gasteiger partial charge in [0.05, 0.1) is 0 Å². The summed E-state index contributed by atoms with van der Waals surface area (Å²) in [5, 5.41) is 14.0. The van der Waals surface area contributed by atoms with Gasteiger partial charge in [0.1, 0.15) is 0 Å². The van der Waals surface area contributed by atoms with Crippen LogP contribution in [0.25, 0.3) is 0 Å². The van der Waals surface area contributed by atoms with Crippen LogP contribution >= 0.6 is 0 Å². The van der Waals surface area contributed by atoms with Crippen molar-refractivity contribution in [2.24, 2.45) is 11.8 Å². The molecule has 2 amide bonds. The fourth-order valence-electron chi connectivity index (χ4n) is 1.50. The quantitative estimate of drug-likeness (QED) is 0.612. The van der Waals surface area contributed by atoms with E-state index in [1.54, 1.807) is 6.92 Å². The molecule has 0 aromatic carbocycles. The minimum atomic E-state index is -0.830. The Morgan fingerprint density at radius 2 is 2.06 bits per heavy atom. The second kappa shape index (κ2) is 6.35. The summed E-state index contributed by atoms with van der Waals surface area (Å²) in [7, 11) is 0. The van der Waals surface area contributed by atoms with Gasteiger partial charge in [-0.15, -0.1) is 0 Å². The Morgan fingerprint density at radius 3 is 2.62 bits per heavy atom. The van der Waals surface area contributed by atoms with E-state index in [-0.39, 0.29) is 18.4 Å². The number of carboxylic acid groups (broad SMARTS) is 1. The topological polar surface area (TPSA) is 78.4 Å². The van der Waals surface area contributed by atoms with Gasteiger partial charge in [0.15, 0.2) is 0 Å². The van der Waals surface area contributed by atoms with Crippen LogP contribution in [0, 0.1) is 11.8 Å². The molecule has 1 fully saturated rings. The zero-order valence-electron chi connectivity index (χ0n) is 9.66. The third kappa shape index (κ3) is 6.27. The SMILES string of the molecule is CC(CNC(=O)NCCC1CC1)CC(=O)O. The van der Waals surface area contributed by atoms with E-state index >= 15 is 0 Å². The van der Waals surface area contributed by atoms with Crippen LogP contribution in [0.4, 0.5) is 4.79 Å². The Bertz CT molecular complexity index is 252. The first kappa shape index (κ1) is 12.8. The molecule has 1 aliphatic rings. The molecule has 0 saturated heterocycles. The number of carbonyl (C=O) groups excluding carboxylic acids is 1. The Labute approximate surface area is 95.6 Å². The van der Waals surface area contributed by atoms with Crippen LogP contribution in [0.3, 0.4) is 0 Å². The van der Waals surface area contributed by atoms with Crippen LogP contribution in [-0.2, 0) is 4.79 Å². The lowest BCUT2D eigenvalue weighted by molar-refractivity contribution is -0.137. The lowest BCUT2D eigenvalue weighted by Gasteiger charge is -2.11. The molecule has 5 nitrogen and oxygen atoms in total. The molecule has 0 aliphatic heterocycles. The summed E-state index contributed by atoms with van der Waals surface area (Å²) >= 11 is 0. The zero-order valence-corrected chi connectivity index (χ0v) is 9.66. The molecule has 92 valence electrons. The van der Waals surface area contributed by atoms with E-state index < -0.39 is 5.97 Å². The van der Waals surface area contributed by atoms with Crippen LogP contribution in [0.5, 0.6) is 0 Å². The molecule has 1 atom stereocenters. The van der Waals surface area contributed by atoms with Gasteiger partial charge in [0.2, 0.25) is 0 Å². The summed E-state index contributed by atoms with van der Waals surface area (Å²) in [6.45, 7) is 2.92. The van der Waals surface area contributed by atoms with Gasteiger partial charge in [-0.05, 0) is 18.3 Å². The summed E-state index contributed by atoms with van der Waals surface area (Å²) in [5.74, 6) is -0.0543. The number of rotatable bonds is 7. The smallest absolute Gasteiger partial charge is 0.314 e. The van der Waals surface area contributed by atoms with Gasteiger partial charge in [0, 0.05) is 19.5 Å². The standard InChI is InChI=1S/C11H20N2O3/c1-8(6-10(14)15)7-13-11(16)12-5-4-9-2-3-9/h8-9H,2-7H2,1H3,(H,14,15)(H2,12,13,16). The minimum Gasteiger partial charge on any atom is -0.481 e. The molecule has 1 aliphatic carbocycles. The molecule has 0 heterocycles. The molecular formula is C11H20N2O3. The Hall–Kier alpha value is -1.26. The summed E-state index contributed by atoms with van der Waals surface area (Å²) in [4.78, 5) is 21.6. The monoisotopic (exact) mass is 228 g/mol. The van der Waals surface area contributed by atoms with Crippen molar-refractivity contribution in [2.75, 3.05) is 13.1 Å². The molecule has 1 unspecified atom stereocenters. The van der Waals surface area contributed by atoms with Gasteiger partial charge in [-0.3, -0.25) is 4.79 Å². The van der Waals surface area contributed by atoms with Gasteiger partial charge in [-0.2, -0.15) is 0 Å². The average Bonchev–Trinajstić information content (AvgIpc) is 2.97. The number of aliphatic carboxylic acids is 1. The van der Waals surface area contributed by atoms with Crippen LogP contribution in [0.15, 0.2) is 0 Å². The van der Waals surface area contributed by atoms with E-state index in [4.69, 9.17) is 5.11 Å². The normalized spacial score (nSPS) is 16.6. The number of urea groups is 1. The number of carbonyl (C=O) groups is 2. The molecule has 0 bridgehead atoms. The van der Waals surface area contributed by atoms with Crippen molar-refractivity contribution in [3.8, 4) is 0 Å². The van der Waals surface area contributed by atoms with Crippen molar-refractivity contribution >= 4 is 12.0 Å². The highest BCUT2D eigenvalue weighted by Gasteiger charge is 2.20. The maximum atomic E-state index is 11.3. The van der Waals surface area contributed by atoms with Crippen molar-refractivity contribution in [3.05, 3.63) is 0 Å². The number of hydrogen-bond donors (Lipinski definition) is 3. The summed E-state index contributed by atoms with van der Waals surface area (Å²) in [6.07, 6.45) is 3.72. The predicted octanol–water partition coefficient (Wildman–Crippen LogP) is 1.20. The second-order valence-corrected chi connectivity index (χ2v) is 4.57. The lowest BCUT2D eigenvalue weighted by Crippen LogP contribution is -2.38. The van der Waals surface area contributed by atoms with E-state index in [0.717, 1.165) is 12.3 Å². The van der Waals surface area contributed by atoms with Crippen LogP contribution in [-0.4, -0.2) is 30.2 Å². The highest BCUT2D eigenvalue weighted by Crippen LogP contribution is 2.31. The molecule has 0 radical (unpaired) electrons. The van der Waals surface area contributed by atoms with Crippen molar-refractivity contribution in [2.45, 2.75) is 32.6 Å². The minimum absolute atomic E-state index is 0.0355. The van der Waals surface area contributed by atoms with Crippen molar-refractivity contribution in [3.63, 3.8) is 0 Å². The van der Waals surface area contributed by atoms with Crippen LogP contribution in [0.1, 0.15) is 32.6 Å². The molecule has 3 N–H and O–H groups in total. The maximum absolute atomic E-state index is 11.3. The Kier molecular flexibility index (Phi) is 5.08. The third-order valence-electron chi connectivity index (χ3n) is 2.67. The second-order valence-electron chi connectivity index (χ2n) is 4.57. The van der Waals surface area contributed by atoms with Gasteiger partial charge in [-0.25, -0.2) is 4.79 Å². The van der Waals surface area contributed by atoms with Crippen LogP contribution in [0.2, 0.25) is 0 Å². The molecule has 1 saturated carbocycles. The van der Waals surface area contributed by atoms with Gasteiger partial charge < -0.3 is 15.7 Å². The fourth-order valence-corrected chi connectivity index (χ4v) is 1.50. The molecule has 0 aromatic rings. The van der Waals surface area contributed by atoms with Crippen molar-refractivity contribution in [1.82, 2.24) is 10.6 Å². The molecule has 16 heavy (non-hydrogen) atoms. The van der Waals surface area contributed by atoms with E-state index in [1.807, 2.05) is 0 Å². The third-order valence-corrected chi connectivity index (χ3v) is 2.67. The largest absolute Gasteiger partial charge is 0.481 e. The van der Waals surface area contributed by atoms with Gasteiger partial charge in [-0.1, -0.05) is 19.8 Å². The number of amides is 2. The molecular weight excluding hydrogens is 208 g/mol. The maximum Gasteiger partial charge on any atom is 0.314 e. The first-order chi connectivity index (χ1) is 7.58. The highest BCUT2D eigenvalue weighted by atomic mass is 16.4. The highest BCUT2D eigenvalue weighted by molar-refractivity contribution is 5.73. The molecule has 5 heteroatoms. The van der Waals surface area contributed by atoms with E-state index in [9.17, 15) is 9.59 Å². The van der Waals surface area contributed by atoms with E-state index in [0.29, 0.717) is 13.1 Å². The van der Waals surface area contributed by atoms with Gasteiger partial charge in [0.25, 0.3) is 0 Å². The van der Waals surface area contributed by atoms with Crippen molar-refractivity contribution in [1.29, 1.82) is 0 Å². The summed E-state index contributed by atoms with van der Waals surface area (Å²) in [6, 6.07) is -0.196. The number of hydrogen-bond acceptors (Lipinski definition) is 2.